The summed E-state index contributed by atoms with van der Waals surface area (Å²) in [5.41, 5.74) is 9.13. The van der Waals surface area contributed by atoms with E-state index in [-0.39, 0.29) is 0 Å². The first-order chi connectivity index (χ1) is 7.81. The summed E-state index contributed by atoms with van der Waals surface area (Å²) in [4.78, 5) is 4.57. The molecule has 3 heteroatoms. The summed E-state index contributed by atoms with van der Waals surface area (Å²) in [6, 6.07) is 12.4. The second kappa shape index (κ2) is 3.46. The lowest BCUT2D eigenvalue weighted by Gasteiger charge is -2.03. The predicted molar refractivity (Wildman–Crippen MR) is 72.0 cm³/mol. The highest BCUT2D eigenvalue weighted by Crippen LogP contribution is 2.35. The van der Waals surface area contributed by atoms with Gasteiger partial charge in [-0.05, 0) is 18.4 Å². The largest absolute Gasteiger partial charge is 0.398 e. The number of aromatic amines is 1. The van der Waals surface area contributed by atoms with Crippen molar-refractivity contribution >= 4 is 39.3 Å². The highest BCUT2D eigenvalue weighted by molar-refractivity contribution is 7.99. The molecule has 2 aromatic carbocycles. The summed E-state index contributed by atoms with van der Waals surface area (Å²) < 4.78 is 0. The number of anilines is 1. The summed E-state index contributed by atoms with van der Waals surface area (Å²) in [5.74, 6) is 0. The molecule has 0 atom stereocenters. The summed E-state index contributed by atoms with van der Waals surface area (Å²) in [5, 5.41) is 2.50. The van der Waals surface area contributed by atoms with Crippen molar-refractivity contribution in [3.8, 4) is 0 Å². The molecule has 0 aliphatic heterocycles. The van der Waals surface area contributed by atoms with Crippen LogP contribution in [-0.2, 0) is 0 Å². The molecule has 80 valence electrons. The topological polar surface area (TPSA) is 41.8 Å². The number of nitrogens with two attached hydrogens (primary N) is 1. The number of nitrogens with one attached hydrogen (secondary N) is 1. The number of H-pyrrole nitrogens is 1. The minimum Gasteiger partial charge on any atom is -0.398 e. The van der Waals surface area contributed by atoms with Crippen molar-refractivity contribution in [2.24, 2.45) is 0 Å². The molecule has 1 heterocycles. The van der Waals surface area contributed by atoms with Gasteiger partial charge < -0.3 is 10.7 Å². The quantitative estimate of drug-likeness (QED) is 0.493. The van der Waals surface area contributed by atoms with Gasteiger partial charge in [0.1, 0.15) is 0 Å². The standard InChI is InChI=1S/C13H12N2S/c1-16-13-10(14)7-6-9-8-4-2-3-5-11(8)15-12(9)13/h2-7,15H,14H2,1H3. The Morgan fingerprint density at radius 1 is 1.06 bits per heavy atom. The van der Waals surface area contributed by atoms with E-state index in [1.807, 2.05) is 12.1 Å². The van der Waals surface area contributed by atoms with E-state index in [9.17, 15) is 0 Å². The van der Waals surface area contributed by atoms with Crippen LogP contribution >= 0.6 is 11.8 Å². The van der Waals surface area contributed by atoms with Gasteiger partial charge in [0, 0.05) is 22.0 Å². The first-order valence-corrected chi connectivity index (χ1v) is 6.36. The van der Waals surface area contributed by atoms with E-state index in [0.29, 0.717) is 0 Å². The summed E-state index contributed by atoms with van der Waals surface area (Å²) in [6.07, 6.45) is 2.05. The number of hydrogen-bond acceptors (Lipinski definition) is 2. The molecule has 3 N–H and O–H groups in total. The number of aromatic nitrogens is 1. The van der Waals surface area contributed by atoms with Crippen LogP contribution in [0.5, 0.6) is 0 Å². The fourth-order valence-corrected chi connectivity index (χ4v) is 2.80. The zero-order valence-electron chi connectivity index (χ0n) is 8.95. The lowest BCUT2D eigenvalue weighted by Crippen LogP contribution is -1.88. The highest BCUT2D eigenvalue weighted by Gasteiger charge is 2.09. The van der Waals surface area contributed by atoms with Crippen molar-refractivity contribution in [1.29, 1.82) is 0 Å². The molecule has 0 amide bonds. The van der Waals surface area contributed by atoms with Gasteiger partial charge in [-0.25, -0.2) is 0 Å². The minimum atomic E-state index is 0.839. The van der Waals surface area contributed by atoms with E-state index in [1.54, 1.807) is 11.8 Å². The molecule has 0 spiro atoms. The van der Waals surface area contributed by atoms with E-state index in [1.165, 1.54) is 16.3 Å². The monoisotopic (exact) mass is 228 g/mol. The van der Waals surface area contributed by atoms with Crippen molar-refractivity contribution in [3.63, 3.8) is 0 Å². The van der Waals surface area contributed by atoms with Crippen LogP contribution in [0.25, 0.3) is 21.8 Å². The fraction of sp³-hybridized carbons (Fsp3) is 0.0769. The maximum Gasteiger partial charge on any atom is 0.0624 e. The third kappa shape index (κ3) is 1.21. The number of rotatable bonds is 1. The molecular weight excluding hydrogens is 216 g/mol. The van der Waals surface area contributed by atoms with Gasteiger partial charge in [0.2, 0.25) is 0 Å². The predicted octanol–water partition coefficient (Wildman–Crippen LogP) is 3.63. The van der Waals surface area contributed by atoms with Gasteiger partial charge in [0.05, 0.1) is 10.4 Å². The zero-order chi connectivity index (χ0) is 11.1. The van der Waals surface area contributed by atoms with Gasteiger partial charge in [-0.15, -0.1) is 11.8 Å². The Morgan fingerprint density at radius 3 is 2.69 bits per heavy atom. The number of hydrogen-bond donors (Lipinski definition) is 2. The molecule has 0 bridgehead atoms. The second-order valence-corrected chi connectivity index (χ2v) is 4.60. The lowest BCUT2D eigenvalue weighted by molar-refractivity contribution is 1.45. The van der Waals surface area contributed by atoms with E-state index in [4.69, 9.17) is 5.73 Å². The summed E-state index contributed by atoms with van der Waals surface area (Å²) >= 11 is 1.68. The van der Waals surface area contributed by atoms with Crippen molar-refractivity contribution in [1.82, 2.24) is 4.98 Å². The van der Waals surface area contributed by atoms with Gasteiger partial charge in [0.25, 0.3) is 0 Å². The molecule has 0 aliphatic rings. The molecule has 0 fully saturated rings. The summed E-state index contributed by atoms with van der Waals surface area (Å²) in [6.45, 7) is 0. The maximum atomic E-state index is 5.98. The molecule has 2 nitrogen and oxygen atoms in total. The Balaban J connectivity index is 2.54. The molecule has 1 aromatic heterocycles. The third-order valence-corrected chi connectivity index (χ3v) is 3.72. The van der Waals surface area contributed by atoms with Crippen LogP contribution in [0.4, 0.5) is 5.69 Å². The SMILES string of the molecule is CSc1c(N)ccc2c1[nH]c1ccccc12. The average molecular weight is 228 g/mol. The maximum absolute atomic E-state index is 5.98. The van der Waals surface area contributed by atoms with E-state index >= 15 is 0 Å². The fourth-order valence-electron chi connectivity index (χ4n) is 2.13. The molecule has 0 radical (unpaired) electrons. The number of nitrogen functional groups attached to an aromatic ring is 1. The first-order valence-electron chi connectivity index (χ1n) is 5.14. The molecule has 0 saturated heterocycles. The summed E-state index contributed by atoms with van der Waals surface area (Å²) in [7, 11) is 0. The molecule has 0 saturated carbocycles. The van der Waals surface area contributed by atoms with Crippen LogP contribution < -0.4 is 5.73 Å². The van der Waals surface area contributed by atoms with Crippen molar-refractivity contribution in [2.75, 3.05) is 12.0 Å². The molecule has 0 aliphatic carbocycles. The van der Waals surface area contributed by atoms with Gasteiger partial charge >= 0.3 is 0 Å². The molecule has 3 aromatic rings. The van der Waals surface area contributed by atoms with Crippen LogP contribution in [0, 0.1) is 0 Å². The van der Waals surface area contributed by atoms with Crippen LogP contribution in [0.1, 0.15) is 0 Å². The van der Waals surface area contributed by atoms with E-state index < -0.39 is 0 Å². The van der Waals surface area contributed by atoms with Crippen LogP contribution in [-0.4, -0.2) is 11.2 Å². The Hall–Kier alpha value is -1.61. The van der Waals surface area contributed by atoms with E-state index in [2.05, 4.69) is 35.5 Å². The highest BCUT2D eigenvalue weighted by atomic mass is 32.2. The van der Waals surface area contributed by atoms with Crippen LogP contribution in [0.15, 0.2) is 41.3 Å². The first kappa shape index (κ1) is 9.60. The molecule has 3 rings (SSSR count). The minimum absolute atomic E-state index is 0.839. The van der Waals surface area contributed by atoms with Crippen molar-refractivity contribution in [2.45, 2.75) is 4.90 Å². The Bertz CT molecular complexity index is 670. The molecule has 0 unspecified atom stereocenters. The van der Waals surface area contributed by atoms with Gasteiger partial charge in [-0.3, -0.25) is 0 Å². The third-order valence-electron chi connectivity index (χ3n) is 2.87. The smallest absolute Gasteiger partial charge is 0.0624 e. The Kier molecular flexibility index (Phi) is 2.07. The zero-order valence-corrected chi connectivity index (χ0v) is 9.77. The normalized spacial score (nSPS) is 11.3. The molecular formula is C13H12N2S. The molecule has 16 heavy (non-hydrogen) atoms. The number of thioether (sulfide) groups is 1. The lowest BCUT2D eigenvalue weighted by atomic mass is 10.1. The van der Waals surface area contributed by atoms with Crippen molar-refractivity contribution in [3.05, 3.63) is 36.4 Å². The average Bonchev–Trinajstić information content (AvgIpc) is 2.67. The Morgan fingerprint density at radius 2 is 1.88 bits per heavy atom. The number of benzene rings is 2. The number of fused-ring (bicyclic) bond motifs is 3. The van der Waals surface area contributed by atoms with Gasteiger partial charge in [0.15, 0.2) is 0 Å². The van der Waals surface area contributed by atoms with Crippen LogP contribution in [0.2, 0.25) is 0 Å². The van der Waals surface area contributed by atoms with Crippen molar-refractivity contribution < 1.29 is 0 Å². The van der Waals surface area contributed by atoms with Gasteiger partial charge in [-0.1, -0.05) is 24.3 Å². The van der Waals surface area contributed by atoms with E-state index in [0.717, 1.165) is 16.1 Å². The second-order valence-electron chi connectivity index (χ2n) is 3.78. The number of para-hydroxylation sites is 1. The Labute approximate surface area is 97.8 Å². The van der Waals surface area contributed by atoms with Gasteiger partial charge in [-0.2, -0.15) is 0 Å². The van der Waals surface area contributed by atoms with Crippen LogP contribution in [0.3, 0.4) is 0 Å².